The molecule has 7 heteroatoms. The summed E-state index contributed by atoms with van der Waals surface area (Å²) in [5, 5.41) is 12.6. The van der Waals surface area contributed by atoms with E-state index in [-0.39, 0.29) is 17.9 Å². The summed E-state index contributed by atoms with van der Waals surface area (Å²) in [5.74, 6) is -0.281. The number of nitrogens with one attached hydrogen (secondary N) is 1. The first-order valence-corrected chi connectivity index (χ1v) is 8.38. The molecule has 0 aliphatic carbocycles. The standard InChI is InChI=1S/C16H16N2O4S/c19-13-5-7-18(12-4-2-1-3-11(12)13)9-14(20)17-16(15(21)22)6-8-23-10-16/h1-5,7H,6,8-10H2,(H,17,20)(H,21,22). The molecule has 1 aromatic heterocycles. The number of thioether (sulfide) groups is 1. The Morgan fingerprint density at radius 2 is 2.09 bits per heavy atom. The number of hydrogen-bond donors (Lipinski definition) is 2. The number of aromatic nitrogens is 1. The Labute approximate surface area is 136 Å². The number of amides is 1. The summed E-state index contributed by atoms with van der Waals surface area (Å²) in [4.78, 5) is 35.7. The van der Waals surface area contributed by atoms with Crippen LogP contribution >= 0.6 is 11.8 Å². The minimum Gasteiger partial charge on any atom is -0.479 e. The van der Waals surface area contributed by atoms with Crippen LogP contribution in [-0.2, 0) is 16.1 Å². The molecule has 1 aromatic carbocycles. The van der Waals surface area contributed by atoms with Gasteiger partial charge in [0.25, 0.3) is 0 Å². The normalized spacial score (nSPS) is 20.5. The molecule has 120 valence electrons. The molecule has 1 atom stereocenters. The fourth-order valence-electron chi connectivity index (χ4n) is 2.74. The predicted octanol–water partition coefficient (Wildman–Crippen LogP) is 1.08. The van der Waals surface area contributed by atoms with E-state index < -0.39 is 11.5 Å². The van der Waals surface area contributed by atoms with Crippen molar-refractivity contribution in [2.24, 2.45) is 0 Å². The largest absolute Gasteiger partial charge is 0.479 e. The zero-order valence-electron chi connectivity index (χ0n) is 12.3. The maximum absolute atomic E-state index is 12.3. The van der Waals surface area contributed by atoms with E-state index in [1.54, 1.807) is 35.0 Å². The fourth-order valence-corrected chi connectivity index (χ4v) is 4.07. The third kappa shape index (κ3) is 2.96. The van der Waals surface area contributed by atoms with Crippen LogP contribution in [0.2, 0.25) is 0 Å². The molecule has 3 rings (SSSR count). The Morgan fingerprint density at radius 3 is 2.78 bits per heavy atom. The molecule has 2 aromatic rings. The topological polar surface area (TPSA) is 88.4 Å². The van der Waals surface area contributed by atoms with Crippen LogP contribution < -0.4 is 10.7 Å². The predicted molar refractivity (Wildman–Crippen MR) is 88.7 cm³/mol. The lowest BCUT2D eigenvalue weighted by Gasteiger charge is -2.25. The van der Waals surface area contributed by atoms with Crippen molar-refractivity contribution in [3.05, 3.63) is 46.8 Å². The second-order valence-corrected chi connectivity index (χ2v) is 6.67. The highest BCUT2D eigenvalue weighted by atomic mass is 32.2. The molecule has 2 heterocycles. The number of carboxylic acids is 1. The van der Waals surface area contributed by atoms with E-state index in [1.165, 1.54) is 17.8 Å². The van der Waals surface area contributed by atoms with E-state index in [9.17, 15) is 19.5 Å². The first-order valence-electron chi connectivity index (χ1n) is 7.22. The molecule has 2 N–H and O–H groups in total. The number of hydrogen-bond acceptors (Lipinski definition) is 4. The van der Waals surface area contributed by atoms with Gasteiger partial charge in [-0.3, -0.25) is 9.59 Å². The fraction of sp³-hybridized carbons (Fsp3) is 0.312. The lowest BCUT2D eigenvalue weighted by molar-refractivity contribution is -0.146. The molecule has 1 fully saturated rings. The van der Waals surface area contributed by atoms with E-state index in [1.807, 2.05) is 0 Å². The summed E-state index contributed by atoms with van der Waals surface area (Å²) in [5.41, 5.74) is -0.636. The van der Waals surface area contributed by atoms with Gasteiger partial charge in [-0.15, -0.1) is 0 Å². The first kappa shape index (κ1) is 15.6. The highest BCUT2D eigenvalue weighted by molar-refractivity contribution is 7.99. The molecule has 1 aliphatic rings. The maximum atomic E-state index is 12.3. The molecular formula is C16H16N2O4S. The Hall–Kier alpha value is -2.28. The van der Waals surface area contributed by atoms with Crippen LogP contribution in [-0.4, -0.2) is 38.6 Å². The van der Waals surface area contributed by atoms with Gasteiger partial charge in [0.15, 0.2) is 5.43 Å². The van der Waals surface area contributed by atoms with Gasteiger partial charge in [-0.05, 0) is 24.3 Å². The van der Waals surface area contributed by atoms with Gasteiger partial charge in [0.1, 0.15) is 12.1 Å². The molecule has 1 saturated heterocycles. The monoisotopic (exact) mass is 332 g/mol. The second kappa shape index (κ2) is 6.08. The van der Waals surface area contributed by atoms with Crippen molar-refractivity contribution in [1.29, 1.82) is 0 Å². The molecule has 0 bridgehead atoms. The Morgan fingerprint density at radius 1 is 1.30 bits per heavy atom. The van der Waals surface area contributed by atoms with Crippen molar-refractivity contribution in [2.75, 3.05) is 11.5 Å². The van der Waals surface area contributed by atoms with Gasteiger partial charge in [0.05, 0.1) is 5.52 Å². The summed E-state index contributed by atoms with van der Waals surface area (Å²) in [6, 6.07) is 8.45. The molecule has 0 spiro atoms. The zero-order chi connectivity index (χ0) is 16.4. The minimum atomic E-state index is -1.18. The Balaban J connectivity index is 1.85. The van der Waals surface area contributed by atoms with Crippen molar-refractivity contribution in [3.8, 4) is 0 Å². The van der Waals surface area contributed by atoms with Gasteiger partial charge in [-0.2, -0.15) is 11.8 Å². The average Bonchev–Trinajstić information content (AvgIpc) is 3.00. The number of aliphatic carboxylic acids is 1. The van der Waals surface area contributed by atoms with E-state index >= 15 is 0 Å². The first-order chi connectivity index (χ1) is 11.0. The molecule has 1 aliphatic heterocycles. The number of rotatable bonds is 4. The number of para-hydroxylation sites is 1. The van der Waals surface area contributed by atoms with Crippen LogP contribution in [0.15, 0.2) is 41.3 Å². The van der Waals surface area contributed by atoms with Crippen molar-refractivity contribution in [1.82, 2.24) is 9.88 Å². The molecule has 0 saturated carbocycles. The lowest BCUT2D eigenvalue weighted by atomic mass is 9.99. The smallest absolute Gasteiger partial charge is 0.330 e. The number of pyridine rings is 1. The van der Waals surface area contributed by atoms with E-state index in [2.05, 4.69) is 5.32 Å². The van der Waals surface area contributed by atoms with Crippen LogP contribution in [0.5, 0.6) is 0 Å². The quantitative estimate of drug-likeness (QED) is 0.875. The molecule has 1 unspecified atom stereocenters. The third-order valence-electron chi connectivity index (χ3n) is 4.01. The molecule has 23 heavy (non-hydrogen) atoms. The lowest BCUT2D eigenvalue weighted by Crippen LogP contribution is -2.55. The van der Waals surface area contributed by atoms with Crippen LogP contribution in [0.3, 0.4) is 0 Å². The zero-order valence-corrected chi connectivity index (χ0v) is 13.1. The number of carbonyl (C=O) groups excluding carboxylic acids is 1. The minimum absolute atomic E-state index is 0.0273. The number of fused-ring (bicyclic) bond motifs is 1. The summed E-state index contributed by atoms with van der Waals surface area (Å²) in [6.45, 7) is -0.0273. The number of benzene rings is 1. The molecule has 6 nitrogen and oxygen atoms in total. The van der Waals surface area contributed by atoms with E-state index in [4.69, 9.17) is 0 Å². The van der Waals surface area contributed by atoms with Crippen molar-refractivity contribution in [3.63, 3.8) is 0 Å². The Bertz CT molecular complexity index is 824. The van der Waals surface area contributed by atoms with Gasteiger partial charge in [0.2, 0.25) is 5.91 Å². The van der Waals surface area contributed by atoms with Gasteiger partial charge in [-0.25, -0.2) is 4.79 Å². The average molecular weight is 332 g/mol. The third-order valence-corrected chi connectivity index (χ3v) is 5.20. The number of nitrogens with zero attached hydrogens (tertiary/aromatic N) is 1. The molecule has 1 amide bonds. The van der Waals surface area contributed by atoms with E-state index in [0.29, 0.717) is 28.8 Å². The van der Waals surface area contributed by atoms with Crippen LogP contribution in [0.1, 0.15) is 6.42 Å². The van der Waals surface area contributed by atoms with Crippen LogP contribution in [0.4, 0.5) is 0 Å². The van der Waals surface area contributed by atoms with Gasteiger partial charge < -0.3 is 15.0 Å². The SMILES string of the molecule is O=C(Cn1ccc(=O)c2ccccc21)NC1(C(=O)O)CCSC1. The van der Waals surface area contributed by atoms with Crippen molar-refractivity contribution < 1.29 is 14.7 Å². The van der Waals surface area contributed by atoms with Gasteiger partial charge in [0, 0.05) is 23.4 Å². The summed E-state index contributed by atoms with van der Waals surface area (Å²) < 4.78 is 1.66. The molecule has 0 radical (unpaired) electrons. The highest BCUT2D eigenvalue weighted by Gasteiger charge is 2.43. The van der Waals surface area contributed by atoms with Crippen molar-refractivity contribution in [2.45, 2.75) is 18.5 Å². The van der Waals surface area contributed by atoms with E-state index in [0.717, 1.165) is 0 Å². The number of carboxylic acid groups (broad SMARTS) is 1. The van der Waals surface area contributed by atoms with Crippen molar-refractivity contribution >= 4 is 34.5 Å². The van der Waals surface area contributed by atoms with Crippen LogP contribution in [0.25, 0.3) is 10.9 Å². The second-order valence-electron chi connectivity index (χ2n) is 5.56. The molecular weight excluding hydrogens is 316 g/mol. The number of carbonyl (C=O) groups is 2. The van der Waals surface area contributed by atoms with Gasteiger partial charge in [-0.1, -0.05) is 12.1 Å². The summed E-state index contributed by atoms with van der Waals surface area (Å²) in [6.07, 6.45) is 1.98. The Kier molecular flexibility index (Phi) is 4.12. The van der Waals surface area contributed by atoms with Crippen LogP contribution in [0, 0.1) is 0 Å². The maximum Gasteiger partial charge on any atom is 0.330 e. The summed E-state index contributed by atoms with van der Waals surface area (Å²) in [7, 11) is 0. The van der Waals surface area contributed by atoms with Gasteiger partial charge >= 0.3 is 5.97 Å². The highest BCUT2D eigenvalue weighted by Crippen LogP contribution is 2.28. The summed E-state index contributed by atoms with van der Waals surface area (Å²) >= 11 is 1.52.